The molecule has 0 aliphatic carbocycles. The van der Waals surface area contributed by atoms with Crippen LogP contribution < -0.4 is 14.8 Å². The van der Waals surface area contributed by atoms with Crippen LogP contribution >= 0.6 is 0 Å². The van der Waals surface area contributed by atoms with Crippen molar-refractivity contribution < 1.29 is 19.1 Å². The molecule has 2 aromatic carbocycles. The summed E-state index contributed by atoms with van der Waals surface area (Å²) in [7, 11) is 3.11. The fourth-order valence-corrected chi connectivity index (χ4v) is 2.86. The van der Waals surface area contributed by atoms with Crippen LogP contribution in [0, 0.1) is 0 Å². The third-order valence-electron chi connectivity index (χ3n) is 4.15. The van der Waals surface area contributed by atoms with Crippen molar-refractivity contribution in [1.82, 2.24) is 4.90 Å². The number of methoxy groups -OCH3 is 2. The lowest BCUT2D eigenvalue weighted by Crippen LogP contribution is -2.34. The van der Waals surface area contributed by atoms with Crippen molar-refractivity contribution in [2.24, 2.45) is 0 Å². The molecule has 2 aromatic rings. The van der Waals surface area contributed by atoms with E-state index in [1.165, 1.54) is 4.90 Å². The number of hydrogen-bond donors (Lipinski definition) is 1. The van der Waals surface area contributed by atoms with Crippen LogP contribution in [0.25, 0.3) is 0 Å². The number of hydrogen-bond acceptors (Lipinski definition) is 5. The number of benzene rings is 2. The fraction of sp³-hybridized carbons (Fsp3) is 0.263. The molecule has 1 fully saturated rings. The zero-order valence-corrected chi connectivity index (χ0v) is 14.2. The Morgan fingerprint density at radius 3 is 2.44 bits per heavy atom. The third-order valence-corrected chi connectivity index (χ3v) is 4.15. The summed E-state index contributed by atoms with van der Waals surface area (Å²) < 4.78 is 10.5. The Morgan fingerprint density at radius 1 is 1.04 bits per heavy atom. The van der Waals surface area contributed by atoms with Gasteiger partial charge in [0.05, 0.1) is 27.2 Å². The van der Waals surface area contributed by atoms with Gasteiger partial charge < -0.3 is 14.8 Å². The maximum atomic E-state index is 12.6. The Labute approximate surface area is 146 Å². The highest BCUT2D eigenvalue weighted by Gasteiger charge is 2.38. The van der Waals surface area contributed by atoms with Crippen LogP contribution in [0.2, 0.25) is 0 Å². The van der Waals surface area contributed by atoms with E-state index in [1.54, 1.807) is 32.4 Å². The minimum absolute atomic E-state index is 0.139. The molecule has 1 aliphatic rings. The van der Waals surface area contributed by atoms with Gasteiger partial charge in [0.2, 0.25) is 5.91 Å². The molecule has 0 spiro atoms. The summed E-state index contributed by atoms with van der Waals surface area (Å²) in [6.45, 7) is 0.294. The van der Waals surface area contributed by atoms with Crippen molar-refractivity contribution in [1.29, 1.82) is 0 Å². The van der Waals surface area contributed by atoms with Crippen LogP contribution in [0.15, 0.2) is 48.5 Å². The predicted molar refractivity (Wildman–Crippen MR) is 93.6 cm³/mol. The zero-order valence-electron chi connectivity index (χ0n) is 14.2. The Morgan fingerprint density at radius 2 is 1.76 bits per heavy atom. The van der Waals surface area contributed by atoms with E-state index >= 15 is 0 Å². The minimum atomic E-state index is -0.575. The smallest absolute Gasteiger partial charge is 0.252 e. The van der Waals surface area contributed by atoms with Crippen molar-refractivity contribution in [2.75, 3.05) is 19.5 Å². The number of carbonyl (C=O) groups is 2. The summed E-state index contributed by atoms with van der Waals surface area (Å²) in [5, 5.41) is 3.12. The number of rotatable bonds is 6. The fourth-order valence-electron chi connectivity index (χ4n) is 2.86. The highest BCUT2D eigenvalue weighted by Crippen LogP contribution is 2.31. The number of nitrogens with zero attached hydrogens (tertiary/aromatic N) is 1. The van der Waals surface area contributed by atoms with Gasteiger partial charge in [-0.2, -0.15) is 0 Å². The number of nitrogens with one attached hydrogen (secondary N) is 1. The van der Waals surface area contributed by atoms with Crippen LogP contribution in [-0.4, -0.2) is 37.0 Å². The molecule has 1 aliphatic heterocycles. The number of carbonyl (C=O) groups excluding carboxylic acids is 2. The monoisotopic (exact) mass is 340 g/mol. The first-order valence-electron chi connectivity index (χ1n) is 7.99. The van der Waals surface area contributed by atoms with Crippen LogP contribution in [0.1, 0.15) is 12.0 Å². The molecule has 0 aromatic heterocycles. The van der Waals surface area contributed by atoms with Gasteiger partial charge in [-0.15, -0.1) is 0 Å². The molecule has 1 saturated heterocycles. The van der Waals surface area contributed by atoms with E-state index in [2.05, 4.69) is 5.32 Å². The number of ether oxygens (including phenoxy) is 2. The van der Waals surface area contributed by atoms with E-state index in [1.807, 2.05) is 30.3 Å². The topological polar surface area (TPSA) is 67.9 Å². The van der Waals surface area contributed by atoms with Gasteiger partial charge in [0.1, 0.15) is 6.04 Å². The highest BCUT2D eigenvalue weighted by molar-refractivity contribution is 6.06. The second kappa shape index (κ2) is 7.25. The molecule has 1 unspecified atom stereocenters. The van der Waals surface area contributed by atoms with Crippen LogP contribution in [0.5, 0.6) is 11.5 Å². The summed E-state index contributed by atoms with van der Waals surface area (Å²) in [5.74, 6) is 0.772. The lowest BCUT2D eigenvalue weighted by Gasteiger charge is -2.17. The molecule has 0 bridgehead atoms. The lowest BCUT2D eigenvalue weighted by atomic mass is 10.2. The molecule has 0 radical (unpaired) electrons. The highest BCUT2D eigenvalue weighted by atomic mass is 16.5. The van der Waals surface area contributed by atoms with E-state index < -0.39 is 6.04 Å². The Bertz CT molecular complexity index is 776. The molecule has 6 nitrogen and oxygen atoms in total. The Hall–Kier alpha value is -3.02. The lowest BCUT2D eigenvalue weighted by molar-refractivity contribution is -0.139. The molecular weight excluding hydrogens is 320 g/mol. The average Bonchev–Trinajstić information content (AvgIpc) is 2.90. The van der Waals surface area contributed by atoms with E-state index in [4.69, 9.17) is 9.47 Å². The molecule has 130 valence electrons. The second-order valence-electron chi connectivity index (χ2n) is 5.77. The van der Waals surface area contributed by atoms with Crippen molar-refractivity contribution in [2.45, 2.75) is 19.0 Å². The maximum absolute atomic E-state index is 12.6. The van der Waals surface area contributed by atoms with Gasteiger partial charge in [0.25, 0.3) is 5.91 Å². The van der Waals surface area contributed by atoms with E-state index in [-0.39, 0.29) is 18.2 Å². The second-order valence-corrected chi connectivity index (χ2v) is 5.77. The average molecular weight is 340 g/mol. The van der Waals surface area contributed by atoms with Gasteiger partial charge in [0.15, 0.2) is 11.5 Å². The molecule has 1 heterocycles. The summed E-state index contributed by atoms with van der Waals surface area (Å²) in [6, 6.07) is 14.2. The van der Waals surface area contributed by atoms with Gasteiger partial charge in [-0.1, -0.05) is 30.3 Å². The quantitative estimate of drug-likeness (QED) is 0.818. The molecular formula is C19H20N2O4. The normalized spacial score (nSPS) is 16.9. The van der Waals surface area contributed by atoms with Gasteiger partial charge in [0, 0.05) is 11.8 Å². The number of imide groups is 1. The number of amides is 2. The summed E-state index contributed by atoms with van der Waals surface area (Å²) in [5.41, 5.74) is 1.63. The summed E-state index contributed by atoms with van der Waals surface area (Å²) in [4.78, 5) is 26.1. The SMILES string of the molecule is COc1ccc(NC2CC(=O)N(Cc3ccccc3)C2=O)cc1OC. The van der Waals surface area contributed by atoms with Gasteiger partial charge in [-0.3, -0.25) is 14.5 Å². The van der Waals surface area contributed by atoms with E-state index in [9.17, 15) is 9.59 Å². The predicted octanol–water partition coefficient (Wildman–Crippen LogP) is 2.44. The minimum Gasteiger partial charge on any atom is -0.493 e. The standard InChI is InChI=1S/C19H20N2O4/c1-24-16-9-8-14(10-17(16)25-2)20-15-11-18(22)21(19(15)23)12-13-6-4-3-5-7-13/h3-10,15,20H,11-12H2,1-2H3. The first-order chi connectivity index (χ1) is 12.1. The van der Waals surface area contributed by atoms with Crippen molar-refractivity contribution in [3.8, 4) is 11.5 Å². The van der Waals surface area contributed by atoms with Gasteiger partial charge in [-0.25, -0.2) is 0 Å². The van der Waals surface area contributed by atoms with Crippen LogP contribution in [0.3, 0.4) is 0 Å². The van der Waals surface area contributed by atoms with E-state index in [0.29, 0.717) is 23.7 Å². The van der Waals surface area contributed by atoms with Gasteiger partial charge in [-0.05, 0) is 17.7 Å². The first kappa shape index (κ1) is 16.8. The molecule has 3 rings (SSSR count). The first-order valence-corrected chi connectivity index (χ1v) is 7.99. The summed E-state index contributed by atoms with van der Waals surface area (Å²) >= 11 is 0. The van der Waals surface area contributed by atoms with Gasteiger partial charge >= 0.3 is 0 Å². The number of anilines is 1. The molecule has 6 heteroatoms. The van der Waals surface area contributed by atoms with Crippen molar-refractivity contribution >= 4 is 17.5 Å². The molecule has 25 heavy (non-hydrogen) atoms. The van der Waals surface area contributed by atoms with Crippen molar-refractivity contribution in [3.63, 3.8) is 0 Å². The zero-order chi connectivity index (χ0) is 17.8. The van der Waals surface area contributed by atoms with Crippen LogP contribution in [0.4, 0.5) is 5.69 Å². The molecule has 0 saturated carbocycles. The van der Waals surface area contributed by atoms with E-state index in [0.717, 1.165) is 5.56 Å². The van der Waals surface area contributed by atoms with Crippen molar-refractivity contribution in [3.05, 3.63) is 54.1 Å². The summed E-state index contributed by atoms with van der Waals surface area (Å²) in [6.07, 6.45) is 0.139. The molecule has 1 atom stereocenters. The maximum Gasteiger partial charge on any atom is 0.252 e. The molecule has 1 N–H and O–H groups in total. The van der Waals surface area contributed by atoms with Crippen LogP contribution in [-0.2, 0) is 16.1 Å². The largest absolute Gasteiger partial charge is 0.493 e. The number of likely N-dealkylation sites (tertiary alicyclic amines) is 1. The Balaban J connectivity index is 1.72. The molecule has 2 amide bonds. The Kier molecular flexibility index (Phi) is 4.88. The third kappa shape index (κ3) is 3.57.